The van der Waals surface area contributed by atoms with Crippen LogP contribution in [0.1, 0.15) is 39.5 Å². The molecule has 1 atom stereocenters. The number of nitrogens with one attached hydrogen (secondary N) is 1. The Morgan fingerprint density at radius 3 is 2.67 bits per heavy atom. The van der Waals surface area contributed by atoms with E-state index in [9.17, 15) is 4.79 Å². The molecule has 0 aliphatic heterocycles. The average molecular weight is 211 g/mol. The highest BCUT2D eigenvalue weighted by Crippen LogP contribution is 2.02. The third kappa shape index (κ3) is 7.95. The minimum Gasteiger partial charge on any atom is -0.355 e. The van der Waals surface area contributed by atoms with E-state index in [-0.39, 0.29) is 5.91 Å². The molecule has 0 saturated heterocycles. The van der Waals surface area contributed by atoms with Crippen molar-refractivity contribution < 1.29 is 4.79 Å². The molecule has 15 heavy (non-hydrogen) atoms. The molecule has 0 aromatic rings. The van der Waals surface area contributed by atoms with Gasteiger partial charge in [0.2, 0.25) is 5.91 Å². The molecule has 0 aliphatic rings. The Morgan fingerprint density at radius 1 is 1.47 bits per heavy atom. The third-order valence-electron chi connectivity index (χ3n) is 2.08. The summed E-state index contributed by atoms with van der Waals surface area (Å²) in [6, 6.07) is 1.67. The second-order valence-electron chi connectivity index (χ2n) is 4.14. The zero-order valence-electron chi connectivity index (χ0n) is 9.62. The van der Waals surface area contributed by atoms with Crippen molar-refractivity contribution in [3.05, 3.63) is 0 Å². The van der Waals surface area contributed by atoms with Gasteiger partial charge in [0.1, 0.15) is 0 Å². The highest BCUT2D eigenvalue weighted by molar-refractivity contribution is 5.81. The number of hydrogen-bond acceptors (Lipinski definition) is 3. The summed E-state index contributed by atoms with van der Waals surface area (Å²) in [4.78, 5) is 11.4. The predicted octanol–water partition coefficient (Wildman–Crippen LogP) is 1.17. The summed E-state index contributed by atoms with van der Waals surface area (Å²) in [5.74, 6) is 0.352. The molecule has 0 aromatic heterocycles. The fraction of sp³-hybridized carbons (Fsp3) is 0.818. The highest BCUT2D eigenvalue weighted by Gasteiger charge is 2.13. The predicted molar refractivity (Wildman–Crippen MR) is 59.9 cm³/mol. The molecule has 0 aliphatic carbocycles. The van der Waals surface area contributed by atoms with Crippen LogP contribution in [0.5, 0.6) is 0 Å². The molecule has 4 nitrogen and oxygen atoms in total. The maximum atomic E-state index is 11.4. The van der Waals surface area contributed by atoms with Crippen LogP contribution in [0.15, 0.2) is 0 Å². The van der Waals surface area contributed by atoms with Gasteiger partial charge in [-0.3, -0.25) is 4.79 Å². The van der Waals surface area contributed by atoms with E-state index in [2.05, 4.69) is 11.4 Å². The third-order valence-corrected chi connectivity index (χ3v) is 2.08. The smallest absolute Gasteiger partial charge is 0.236 e. The van der Waals surface area contributed by atoms with Crippen LogP contribution in [0.2, 0.25) is 0 Å². The second-order valence-corrected chi connectivity index (χ2v) is 4.14. The Kier molecular flexibility index (Phi) is 7.65. The normalized spacial score (nSPS) is 12.2. The van der Waals surface area contributed by atoms with Crippen molar-refractivity contribution in [2.75, 3.05) is 6.54 Å². The molecule has 0 spiro atoms. The van der Waals surface area contributed by atoms with Crippen molar-refractivity contribution in [3.63, 3.8) is 0 Å². The molecule has 1 amide bonds. The molecule has 1 unspecified atom stereocenters. The van der Waals surface area contributed by atoms with Crippen molar-refractivity contribution in [2.24, 2.45) is 11.7 Å². The lowest BCUT2D eigenvalue weighted by Crippen LogP contribution is -2.41. The van der Waals surface area contributed by atoms with Crippen LogP contribution < -0.4 is 11.1 Å². The van der Waals surface area contributed by atoms with Gasteiger partial charge in [-0.15, -0.1) is 0 Å². The molecular weight excluding hydrogens is 190 g/mol. The number of rotatable bonds is 7. The minimum atomic E-state index is -0.402. The van der Waals surface area contributed by atoms with Gasteiger partial charge >= 0.3 is 0 Å². The first kappa shape index (κ1) is 13.9. The van der Waals surface area contributed by atoms with Gasteiger partial charge in [-0.2, -0.15) is 5.26 Å². The Labute approximate surface area is 91.8 Å². The standard InChI is InChI=1S/C11H21N3O/c1-9(2)8-10(13)11(15)14-7-5-3-4-6-12/h9-10H,3-5,7-8,13H2,1-2H3,(H,14,15). The Hall–Kier alpha value is -1.08. The van der Waals surface area contributed by atoms with E-state index < -0.39 is 6.04 Å². The summed E-state index contributed by atoms with van der Waals surface area (Å²) in [5, 5.41) is 11.1. The summed E-state index contributed by atoms with van der Waals surface area (Å²) in [5.41, 5.74) is 5.69. The lowest BCUT2D eigenvalue weighted by Gasteiger charge is -2.13. The highest BCUT2D eigenvalue weighted by atomic mass is 16.2. The van der Waals surface area contributed by atoms with E-state index >= 15 is 0 Å². The number of carbonyl (C=O) groups is 1. The van der Waals surface area contributed by atoms with Crippen LogP contribution >= 0.6 is 0 Å². The van der Waals surface area contributed by atoms with Crippen molar-refractivity contribution in [2.45, 2.75) is 45.6 Å². The summed E-state index contributed by atoms with van der Waals surface area (Å²) in [6.45, 7) is 4.70. The first-order chi connectivity index (χ1) is 7.07. The molecule has 0 heterocycles. The molecule has 0 rings (SSSR count). The minimum absolute atomic E-state index is 0.0827. The summed E-state index contributed by atoms with van der Waals surface area (Å²) >= 11 is 0. The van der Waals surface area contributed by atoms with E-state index in [1.807, 2.05) is 13.8 Å². The van der Waals surface area contributed by atoms with Gasteiger partial charge in [0.15, 0.2) is 0 Å². The van der Waals surface area contributed by atoms with Crippen LogP contribution in [-0.4, -0.2) is 18.5 Å². The van der Waals surface area contributed by atoms with Crippen LogP contribution in [0.4, 0.5) is 0 Å². The monoisotopic (exact) mass is 211 g/mol. The number of nitrogens with zero attached hydrogens (tertiary/aromatic N) is 1. The quantitative estimate of drug-likeness (QED) is 0.620. The van der Waals surface area contributed by atoms with Gasteiger partial charge in [0.25, 0.3) is 0 Å². The lowest BCUT2D eigenvalue weighted by atomic mass is 10.0. The zero-order valence-corrected chi connectivity index (χ0v) is 9.62. The van der Waals surface area contributed by atoms with Crippen LogP contribution in [0, 0.1) is 17.2 Å². The topological polar surface area (TPSA) is 78.9 Å². The van der Waals surface area contributed by atoms with E-state index in [0.717, 1.165) is 12.8 Å². The first-order valence-corrected chi connectivity index (χ1v) is 5.48. The van der Waals surface area contributed by atoms with Crippen molar-refractivity contribution >= 4 is 5.91 Å². The van der Waals surface area contributed by atoms with Crippen LogP contribution in [-0.2, 0) is 4.79 Å². The van der Waals surface area contributed by atoms with E-state index in [4.69, 9.17) is 11.0 Å². The molecule has 0 fully saturated rings. The fourth-order valence-electron chi connectivity index (χ4n) is 1.29. The largest absolute Gasteiger partial charge is 0.355 e. The van der Waals surface area contributed by atoms with E-state index in [1.54, 1.807) is 0 Å². The summed E-state index contributed by atoms with van der Waals surface area (Å²) in [6.07, 6.45) is 2.93. The summed E-state index contributed by atoms with van der Waals surface area (Å²) in [7, 11) is 0. The van der Waals surface area contributed by atoms with Gasteiger partial charge in [-0.25, -0.2) is 0 Å². The Balaban J connectivity index is 3.52. The maximum Gasteiger partial charge on any atom is 0.236 e. The molecule has 0 saturated carbocycles. The fourth-order valence-corrected chi connectivity index (χ4v) is 1.29. The maximum absolute atomic E-state index is 11.4. The molecule has 0 aromatic carbocycles. The summed E-state index contributed by atoms with van der Waals surface area (Å²) < 4.78 is 0. The SMILES string of the molecule is CC(C)CC(N)C(=O)NCCCCC#N. The molecule has 0 radical (unpaired) electrons. The number of hydrogen-bond donors (Lipinski definition) is 2. The zero-order chi connectivity index (χ0) is 11.7. The Bertz CT molecular complexity index is 220. The van der Waals surface area contributed by atoms with Crippen molar-refractivity contribution in [3.8, 4) is 6.07 Å². The van der Waals surface area contributed by atoms with Crippen LogP contribution in [0.25, 0.3) is 0 Å². The van der Waals surface area contributed by atoms with E-state index in [0.29, 0.717) is 25.3 Å². The van der Waals surface area contributed by atoms with Crippen molar-refractivity contribution in [1.82, 2.24) is 5.32 Å². The van der Waals surface area contributed by atoms with Gasteiger partial charge in [-0.05, 0) is 25.2 Å². The molecule has 3 N–H and O–H groups in total. The van der Waals surface area contributed by atoms with Gasteiger partial charge in [0.05, 0.1) is 12.1 Å². The van der Waals surface area contributed by atoms with E-state index in [1.165, 1.54) is 0 Å². The molecule has 4 heteroatoms. The number of amides is 1. The number of nitriles is 1. The number of unbranched alkanes of at least 4 members (excludes halogenated alkanes) is 2. The molecule has 86 valence electrons. The molecule has 0 bridgehead atoms. The van der Waals surface area contributed by atoms with Gasteiger partial charge < -0.3 is 11.1 Å². The lowest BCUT2D eigenvalue weighted by molar-refractivity contribution is -0.122. The second kappa shape index (κ2) is 8.25. The number of nitrogens with two attached hydrogens (primary N) is 1. The average Bonchev–Trinajstić information content (AvgIpc) is 2.16. The van der Waals surface area contributed by atoms with Crippen LogP contribution in [0.3, 0.4) is 0 Å². The van der Waals surface area contributed by atoms with Gasteiger partial charge in [0, 0.05) is 13.0 Å². The first-order valence-electron chi connectivity index (χ1n) is 5.48. The molecular formula is C11H21N3O. The van der Waals surface area contributed by atoms with Crippen molar-refractivity contribution in [1.29, 1.82) is 5.26 Å². The Morgan fingerprint density at radius 2 is 2.13 bits per heavy atom. The number of carbonyl (C=O) groups excluding carboxylic acids is 1. The van der Waals surface area contributed by atoms with Gasteiger partial charge in [-0.1, -0.05) is 13.8 Å².